The molecular formula is C34H41N5O5. The van der Waals surface area contributed by atoms with Crippen LogP contribution in [-0.4, -0.2) is 43.0 Å². The third-order valence-corrected chi connectivity index (χ3v) is 7.93. The molecule has 0 spiro atoms. The Morgan fingerprint density at radius 1 is 0.886 bits per heavy atom. The first-order chi connectivity index (χ1) is 21.2. The number of hydrogen-bond donors (Lipinski definition) is 5. The zero-order valence-corrected chi connectivity index (χ0v) is 25.2. The molecule has 0 aliphatic heterocycles. The largest absolute Gasteiger partial charge is 0.449 e. The quantitative estimate of drug-likeness (QED) is 0.169. The average molecular weight is 600 g/mol. The van der Waals surface area contributed by atoms with E-state index in [4.69, 9.17) is 16.2 Å². The molecule has 10 heteroatoms. The van der Waals surface area contributed by atoms with E-state index in [1.165, 1.54) is 0 Å². The van der Waals surface area contributed by atoms with Gasteiger partial charge in [-0.15, -0.1) is 0 Å². The van der Waals surface area contributed by atoms with E-state index < -0.39 is 24.1 Å². The van der Waals surface area contributed by atoms with Gasteiger partial charge in [-0.2, -0.15) is 0 Å². The van der Waals surface area contributed by atoms with Crippen LogP contribution in [0.4, 0.5) is 15.3 Å². The molecule has 0 fully saturated rings. The number of carbonyl (C=O) groups is 4. The SMILES string of the molecule is CC(C)[C@H](NC(=O)OCC1c2ccccc2-c2ccccc21)C(=O)C[C@@H](CCCNC(N)=O)C(=O)Nc1ccc(CN)cc1. The molecule has 7 N–H and O–H groups in total. The molecule has 0 aromatic heterocycles. The fourth-order valence-electron chi connectivity index (χ4n) is 5.61. The van der Waals surface area contributed by atoms with Crippen molar-refractivity contribution in [3.05, 3.63) is 89.5 Å². The molecule has 0 bridgehead atoms. The van der Waals surface area contributed by atoms with Crippen LogP contribution in [0.25, 0.3) is 11.1 Å². The van der Waals surface area contributed by atoms with Gasteiger partial charge in [0.2, 0.25) is 5.91 Å². The van der Waals surface area contributed by atoms with Gasteiger partial charge in [-0.05, 0) is 58.7 Å². The summed E-state index contributed by atoms with van der Waals surface area (Å²) in [6.07, 6.45) is -0.0257. The summed E-state index contributed by atoms with van der Waals surface area (Å²) in [5.41, 5.74) is 16.8. The van der Waals surface area contributed by atoms with Crippen LogP contribution >= 0.6 is 0 Å². The van der Waals surface area contributed by atoms with Crippen molar-refractivity contribution >= 4 is 29.5 Å². The number of carbonyl (C=O) groups excluding carboxylic acids is 4. The monoisotopic (exact) mass is 599 g/mol. The fourth-order valence-corrected chi connectivity index (χ4v) is 5.61. The summed E-state index contributed by atoms with van der Waals surface area (Å²) >= 11 is 0. The third-order valence-electron chi connectivity index (χ3n) is 7.93. The number of primary amides is 1. The highest BCUT2D eigenvalue weighted by molar-refractivity contribution is 5.97. The molecule has 3 aromatic carbocycles. The molecule has 1 aliphatic rings. The summed E-state index contributed by atoms with van der Waals surface area (Å²) in [5.74, 6) is -1.66. The van der Waals surface area contributed by atoms with E-state index in [2.05, 4.69) is 28.1 Å². The van der Waals surface area contributed by atoms with Crippen molar-refractivity contribution in [2.45, 2.75) is 51.6 Å². The molecular weight excluding hydrogens is 558 g/mol. The molecule has 44 heavy (non-hydrogen) atoms. The van der Waals surface area contributed by atoms with Crippen LogP contribution < -0.4 is 27.4 Å². The number of hydrogen-bond acceptors (Lipinski definition) is 6. The molecule has 0 saturated carbocycles. The zero-order valence-electron chi connectivity index (χ0n) is 25.2. The Labute approximate surface area is 257 Å². The van der Waals surface area contributed by atoms with Crippen LogP contribution in [-0.2, 0) is 20.9 Å². The molecule has 0 radical (unpaired) electrons. The number of alkyl carbamates (subject to hydrolysis) is 1. The molecule has 0 unspecified atom stereocenters. The van der Waals surface area contributed by atoms with E-state index in [0.29, 0.717) is 25.1 Å². The van der Waals surface area contributed by atoms with E-state index in [0.717, 1.165) is 27.8 Å². The maximum absolute atomic E-state index is 13.5. The van der Waals surface area contributed by atoms with E-state index in [1.807, 2.05) is 62.4 Å². The minimum absolute atomic E-state index is 0.101. The van der Waals surface area contributed by atoms with Crippen LogP contribution in [0.5, 0.6) is 0 Å². The predicted molar refractivity (Wildman–Crippen MR) is 170 cm³/mol. The molecule has 0 saturated heterocycles. The maximum Gasteiger partial charge on any atom is 0.407 e. The summed E-state index contributed by atoms with van der Waals surface area (Å²) in [7, 11) is 0. The van der Waals surface area contributed by atoms with E-state index >= 15 is 0 Å². The van der Waals surface area contributed by atoms with Crippen molar-refractivity contribution < 1.29 is 23.9 Å². The van der Waals surface area contributed by atoms with Crippen molar-refractivity contribution in [2.24, 2.45) is 23.3 Å². The Hall–Kier alpha value is -4.70. The van der Waals surface area contributed by atoms with Gasteiger partial charge in [0.1, 0.15) is 6.61 Å². The Morgan fingerprint density at radius 2 is 1.50 bits per heavy atom. The van der Waals surface area contributed by atoms with E-state index in [1.54, 1.807) is 12.1 Å². The Morgan fingerprint density at radius 3 is 2.07 bits per heavy atom. The van der Waals surface area contributed by atoms with Crippen molar-refractivity contribution in [2.75, 3.05) is 18.5 Å². The van der Waals surface area contributed by atoms with Gasteiger partial charge in [0.15, 0.2) is 5.78 Å². The summed E-state index contributed by atoms with van der Waals surface area (Å²) < 4.78 is 5.68. The highest BCUT2D eigenvalue weighted by Gasteiger charge is 2.32. The van der Waals surface area contributed by atoms with Crippen LogP contribution in [0.2, 0.25) is 0 Å². The molecule has 10 nitrogen and oxygen atoms in total. The number of rotatable bonds is 14. The Kier molecular flexibility index (Phi) is 11.1. The highest BCUT2D eigenvalue weighted by atomic mass is 16.5. The molecule has 0 heterocycles. The number of urea groups is 1. The van der Waals surface area contributed by atoms with Gasteiger partial charge in [-0.1, -0.05) is 74.5 Å². The van der Waals surface area contributed by atoms with E-state index in [-0.39, 0.29) is 43.1 Å². The predicted octanol–water partition coefficient (Wildman–Crippen LogP) is 4.67. The van der Waals surface area contributed by atoms with E-state index in [9.17, 15) is 19.2 Å². The number of anilines is 1. The van der Waals surface area contributed by atoms with Crippen LogP contribution in [0.15, 0.2) is 72.8 Å². The number of nitrogens with one attached hydrogen (secondary N) is 3. The Balaban J connectivity index is 1.40. The van der Waals surface area contributed by atoms with Gasteiger partial charge in [0, 0.05) is 37.0 Å². The molecule has 1 aliphatic carbocycles. The lowest BCUT2D eigenvalue weighted by Gasteiger charge is -2.24. The average Bonchev–Trinajstić information content (AvgIpc) is 3.33. The van der Waals surface area contributed by atoms with Gasteiger partial charge in [-0.3, -0.25) is 9.59 Å². The Bertz CT molecular complexity index is 1430. The molecule has 2 atom stereocenters. The van der Waals surface area contributed by atoms with Gasteiger partial charge >= 0.3 is 12.1 Å². The summed E-state index contributed by atoms with van der Waals surface area (Å²) in [5, 5.41) is 8.13. The van der Waals surface area contributed by atoms with Crippen molar-refractivity contribution in [3.8, 4) is 11.1 Å². The lowest BCUT2D eigenvalue weighted by Crippen LogP contribution is -2.46. The lowest BCUT2D eigenvalue weighted by molar-refractivity contribution is -0.128. The highest BCUT2D eigenvalue weighted by Crippen LogP contribution is 2.44. The summed E-state index contributed by atoms with van der Waals surface area (Å²) in [6.45, 7) is 4.43. The summed E-state index contributed by atoms with van der Waals surface area (Å²) in [6, 6.07) is 21.8. The molecule has 4 amide bonds. The number of amides is 4. The van der Waals surface area contributed by atoms with Crippen LogP contribution in [0.3, 0.4) is 0 Å². The number of benzene rings is 3. The zero-order chi connectivity index (χ0) is 31.6. The maximum atomic E-state index is 13.5. The normalized spacial score (nSPS) is 13.4. The molecule has 4 rings (SSSR count). The first kappa shape index (κ1) is 32.2. The smallest absolute Gasteiger partial charge is 0.407 e. The fraction of sp³-hybridized carbons (Fsp3) is 0.353. The minimum Gasteiger partial charge on any atom is -0.449 e. The number of fused-ring (bicyclic) bond motifs is 3. The van der Waals surface area contributed by atoms with Gasteiger partial charge < -0.3 is 32.2 Å². The second kappa shape index (κ2) is 15.2. The second-order valence-corrected chi connectivity index (χ2v) is 11.4. The van der Waals surface area contributed by atoms with Crippen molar-refractivity contribution in [1.82, 2.24) is 10.6 Å². The first-order valence-corrected chi connectivity index (χ1v) is 14.9. The molecule has 232 valence electrons. The number of nitrogens with two attached hydrogens (primary N) is 2. The number of ketones is 1. The van der Waals surface area contributed by atoms with Crippen LogP contribution in [0.1, 0.15) is 55.7 Å². The summed E-state index contributed by atoms with van der Waals surface area (Å²) in [4.78, 5) is 50.9. The van der Waals surface area contributed by atoms with Gasteiger partial charge in [0.05, 0.1) is 6.04 Å². The minimum atomic E-state index is -0.853. The van der Waals surface area contributed by atoms with Crippen LogP contribution in [0, 0.1) is 11.8 Å². The first-order valence-electron chi connectivity index (χ1n) is 14.9. The topological polar surface area (TPSA) is 166 Å². The van der Waals surface area contributed by atoms with Crippen molar-refractivity contribution in [3.63, 3.8) is 0 Å². The van der Waals surface area contributed by atoms with Gasteiger partial charge in [-0.25, -0.2) is 9.59 Å². The van der Waals surface area contributed by atoms with Crippen molar-refractivity contribution in [1.29, 1.82) is 0 Å². The number of ether oxygens (including phenoxy) is 1. The molecule has 3 aromatic rings. The third kappa shape index (κ3) is 8.23. The van der Waals surface area contributed by atoms with Gasteiger partial charge in [0.25, 0.3) is 0 Å². The number of Topliss-reactive ketones (excluding diaryl/α,β-unsaturated/α-hetero) is 1. The standard InChI is InChI=1S/C34H41N5O5/c1-21(2)31(39-34(43)44-20-29-27-11-5-3-9-25(27)26-10-4-6-12-28(26)29)30(40)18-23(8-7-17-37-33(36)42)32(41)38-24-15-13-22(19-35)14-16-24/h3-6,9-16,21,23,29,31H,7-8,17-20,35H2,1-2H3,(H,38,41)(H,39,43)(H3,36,37,42)/t23-,31+/m1/s1. The lowest BCUT2D eigenvalue weighted by atomic mass is 9.89. The second-order valence-electron chi connectivity index (χ2n) is 11.4.